The van der Waals surface area contributed by atoms with Crippen molar-refractivity contribution in [2.75, 3.05) is 45.2 Å². The molecule has 15 heteroatoms. The quantitative estimate of drug-likeness (QED) is 0.289. The van der Waals surface area contributed by atoms with Crippen LogP contribution in [0.5, 0.6) is 5.75 Å². The summed E-state index contributed by atoms with van der Waals surface area (Å²) in [6.45, 7) is 7.02. The molecule has 0 spiro atoms. The highest BCUT2D eigenvalue weighted by atomic mass is 35.5. The average Bonchev–Trinajstić information content (AvgIpc) is 3.79. The van der Waals surface area contributed by atoms with Gasteiger partial charge in [0.1, 0.15) is 40.7 Å². The second kappa shape index (κ2) is 16.6. The number of alkyl carbamates (subject to hydrolysis) is 1. The minimum absolute atomic E-state index is 0.0440. The van der Waals surface area contributed by atoms with Crippen LogP contribution in [0.3, 0.4) is 0 Å². The fraction of sp³-hybridized carbons (Fsp3) is 0.611. The number of nitrogens with one attached hydrogen (secondary N) is 1. The maximum absolute atomic E-state index is 14.1. The number of thioether (sulfide) groups is 1. The molecule has 0 aromatic heterocycles. The standard InChI is InChI=1S/C36H50ClN3O10S/c1-20-11-10-12-27(47-8)36(45)19-26(48-34(44)38-36)21(2)32-35(4,50-32)28(49-33(43)22(3)39(5)29(41)13-14-51-9)18-30(42)40(6)24-16-23(15-20)17-25(46-7)31(24)37/h10-12,16-17,21-22,26-28,32,45H,13-15,18-19H2,1-9H3,(H,38,44)/b12-10+,20-11+/t21?,22-,26?,27?,28?,32?,35?,36?/m0/s1. The van der Waals surface area contributed by atoms with Crippen LogP contribution >= 0.6 is 23.4 Å². The van der Waals surface area contributed by atoms with E-state index in [0.717, 1.165) is 11.1 Å². The summed E-state index contributed by atoms with van der Waals surface area (Å²) in [5.41, 5.74) is -0.877. The van der Waals surface area contributed by atoms with E-state index in [4.69, 9.17) is 35.3 Å². The van der Waals surface area contributed by atoms with E-state index in [1.165, 1.54) is 42.8 Å². The monoisotopic (exact) mass is 751 g/mol. The van der Waals surface area contributed by atoms with Crippen molar-refractivity contribution in [3.05, 3.63) is 46.5 Å². The van der Waals surface area contributed by atoms with E-state index in [-0.39, 0.29) is 30.2 Å². The summed E-state index contributed by atoms with van der Waals surface area (Å²) in [5.74, 6) is -0.896. The Hall–Kier alpha value is -3.30. The van der Waals surface area contributed by atoms with Crippen LogP contribution in [0.1, 0.15) is 52.5 Å². The molecular weight excluding hydrogens is 702 g/mol. The molecule has 13 nitrogen and oxygen atoms in total. The Bertz CT molecular complexity index is 1560. The summed E-state index contributed by atoms with van der Waals surface area (Å²) >= 11 is 8.27. The number of hydrogen-bond donors (Lipinski definition) is 2. The number of methoxy groups -OCH3 is 2. The number of amides is 3. The zero-order valence-corrected chi connectivity index (χ0v) is 32.3. The zero-order valence-electron chi connectivity index (χ0n) is 30.7. The number of allylic oxidation sites excluding steroid dienone is 3. The molecule has 3 heterocycles. The lowest BCUT2D eigenvalue weighted by Gasteiger charge is -2.42. The maximum Gasteiger partial charge on any atom is 0.409 e. The number of hydrogen-bond acceptors (Lipinski definition) is 11. The van der Waals surface area contributed by atoms with E-state index >= 15 is 0 Å². The minimum atomic E-state index is -1.82. The molecule has 1 aromatic carbocycles. The van der Waals surface area contributed by atoms with Gasteiger partial charge in [0.25, 0.3) is 0 Å². The Morgan fingerprint density at radius 1 is 1.27 bits per heavy atom. The van der Waals surface area contributed by atoms with Gasteiger partial charge in [0, 0.05) is 45.7 Å². The van der Waals surface area contributed by atoms with Crippen LogP contribution in [0.2, 0.25) is 5.02 Å². The van der Waals surface area contributed by atoms with Crippen molar-refractivity contribution in [2.45, 2.75) is 95.2 Å². The van der Waals surface area contributed by atoms with E-state index in [1.807, 2.05) is 19.3 Å². The van der Waals surface area contributed by atoms with Crippen LogP contribution < -0.4 is 15.0 Å². The Labute approximate surface area is 308 Å². The number of halogens is 1. The molecule has 7 unspecified atom stereocenters. The predicted molar refractivity (Wildman–Crippen MR) is 194 cm³/mol. The summed E-state index contributed by atoms with van der Waals surface area (Å²) in [5, 5.41) is 14.4. The molecule has 2 fully saturated rings. The van der Waals surface area contributed by atoms with E-state index in [9.17, 15) is 24.3 Å². The van der Waals surface area contributed by atoms with Crippen molar-refractivity contribution in [3.63, 3.8) is 0 Å². The van der Waals surface area contributed by atoms with E-state index in [1.54, 1.807) is 52.1 Å². The van der Waals surface area contributed by atoms with Crippen molar-refractivity contribution in [1.82, 2.24) is 10.2 Å². The van der Waals surface area contributed by atoms with Gasteiger partial charge in [-0.3, -0.25) is 14.9 Å². The lowest BCUT2D eigenvalue weighted by Crippen LogP contribution is -2.63. The Kier molecular flexibility index (Phi) is 13.2. The molecule has 0 saturated carbocycles. The van der Waals surface area contributed by atoms with Crippen molar-refractivity contribution in [1.29, 1.82) is 0 Å². The summed E-state index contributed by atoms with van der Waals surface area (Å²) in [7, 11) is 6.04. The van der Waals surface area contributed by atoms with Gasteiger partial charge in [-0.15, -0.1) is 0 Å². The lowest BCUT2D eigenvalue weighted by atomic mass is 9.83. The first-order valence-electron chi connectivity index (χ1n) is 16.8. The fourth-order valence-corrected chi connectivity index (χ4v) is 7.28. The number of carbonyl (C=O) groups is 4. The van der Waals surface area contributed by atoms with Crippen LogP contribution in [0.4, 0.5) is 10.5 Å². The summed E-state index contributed by atoms with van der Waals surface area (Å²) < 4.78 is 29.1. The average molecular weight is 752 g/mol. The van der Waals surface area contributed by atoms with Crippen LogP contribution in [0.25, 0.3) is 0 Å². The number of epoxide rings is 1. The van der Waals surface area contributed by atoms with Gasteiger partial charge < -0.3 is 38.6 Å². The Morgan fingerprint density at radius 2 is 1.98 bits per heavy atom. The first-order valence-corrected chi connectivity index (χ1v) is 18.6. The van der Waals surface area contributed by atoms with Gasteiger partial charge in [-0.1, -0.05) is 42.3 Å². The number of ether oxygens (including phenoxy) is 5. The molecule has 282 valence electrons. The molecule has 51 heavy (non-hydrogen) atoms. The fourth-order valence-electron chi connectivity index (χ4n) is 6.58. The van der Waals surface area contributed by atoms with Crippen molar-refractivity contribution < 1.29 is 48.0 Å². The zero-order chi connectivity index (χ0) is 37.8. The van der Waals surface area contributed by atoms with Crippen molar-refractivity contribution >= 4 is 52.9 Å². The Morgan fingerprint density at radius 3 is 2.63 bits per heavy atom. The van der Waals surface area contributed by atoms with Crippen LogP contribution in [-0.2, 0) is 39.8 Å². The second-order valence-electron chi connectivity index (χ2n) is 13.6. The molecule has 4 rings (SSSR count). The van der Waals surface area contributed by atoms with E-state index < -0.39 is 65.7 Å². The van der Waals surface area contributed by atoms with Gasteiger partial charge in [0.2, 0.25) is 11.8 Å². The largest absolute Gasteiger partial charge is 0.495 e. The third-order valence-electron chi connectivity index (χ3n) is 10.0. The third-order valence-corrected chi connectivity index (χ3v) is 11.0. The highest BCUT2D eigenvalue weighted by Gasteiger charge is 2.64. The van der Waals surface area contributed by atoms with E-state index in [0.29, 0.717) is 23.6 Å². The summed E-state index contributed by atoms with van der Waals surface area (Å²) in [4.78, 5) is 56.0. The van der Waals surface area contributed by atoms with E-state index in [2.05, 4.69) is 5.32 Å². The third kappa shape index (κ3) is 9.02. The molecule has 0 radical (unpaired) electrons. The molecule has 8 atom stereocenters. The number of rotatable bonds is 8. The highest BCUT2D eigenvalue weighted by Crippen LogP contribution is 2.49. The molecule has 3 aliphatic rings. The molecule has 2 saturated heterocycles. The van der Waals surface area contributed by atoms with Crippen LogP contribution in [0.15, 0.2) is 35.9 Å². The minimum Gasteiger partial charge on any atom is -0.495 e. The van der Waals surface area contributed by atoms with Gasteiger partial charge in [-0.25, -0.2) is 9.59 Å². The summed E-state index contributed by atoms with van der Waals surface area (Å²) in [6.07, 6.45) is 3.16. The predicted octanol–water partition coefficient (Wildman–Crippen LogP) is 4.27. The number of nitrogens with zero attached hydrogens (tertiary/aromatic N) is 2. The molecule has 3 aliphatic heterocycles. The van der Waals surface area contributed by atoms with Crippen molar-refractivity contribution in [3.8, 4) is 5.75 Å². The first kappa shape index (κ1) is 40.5. The first-order chi connectivity index (χ1) is 24.0. The number of anilines is 1. The number of esters is 1. The molecule has 0 aliphatic carbocycles. The number of carbonyl (C=O) groups excluding carboxylic acids is 4. The normalized spacial score (nSPS) is 31.9. The molecule has 2 N–H and O–H groups in total. The lowest BCUT2D eigenvalue weighted by molar-refractivity contribution is -0.161. The second-order valence-corrected chi connectivity index (χ2v) is 15.0. The van der Waals surface area contributed by atoms with Gasteiger partial charge in [0.15, 0.2) is 5.72 Å². The smallest absolute Gasteiger partial charge is 0.409 e. The van der Waals surface area contributed by atoms with Gasteiger partial charge in [0.05, 0.1) is 25.3 Å². The van der Waals surface area contributed by atoms with Gasteiger partial charge in [-0.05, 0) is 51.1 Å². The number of likely N-dealkylation sites (N-methyl/N-ethyl adjacent to an activating group) is 1. The molecule has 1 aromatic rings. The highest BCUT2D eigenvalue weighted by molar-refractivity contribution is 7.98. The summed E-state index contributed by atoms with van der Waals surface area (Å²) in [6, 6.07) is 2.64. The van der Waals surface area contributed by atoms with Gasteiger partial charge >= 0.3 is 12.1 Å². The molecule has 3 amide bonds. The van der Waals surface area contributed by atoms with Crippen LogP contribution in [0, 0.1) is 5.92 Å². The number of aliphatic hydroxyl groups is 1. The molecular formula is C36H50ClN3O10S. The SMILES string of the molecule is COc1cc2cc(c1Cl)N(C)C(=O)CC(OC(=O)[C@H](C)N(C)C(=O)CCSC)C1(C)OC1C(C)C1CC(O)(NC(=O)O1)C(OC)/C=C/C=C(\C)C2. The van der Waals surface area contributed by atoms with Gasteiger partial charge in [-0.2, -0.15) is 11.8 Å². The number of fused-ring (bicyclic) bond motifs is 5. The number of benzene rings is 1. The Balaban J connectivity index is 1.76. The topological polar surface area (TPSA) is 156 Å². The van der Waals surface area contributed by atoms with Crippen molar-refractivity contribution in [2.24, 2.45) is 5.92 Å². The molecule has 4 bridgehead atoms. The van der Waals surface area contributed by atoms with Crippen LogP contribution in [-0.4, -0.2) is 116 Å². The maximum atomic E-state index is 14.1.